The van der Waals surface area contributed by atoms with Crippen LogP contribution in [0.25, 0.3) is 0 Å². The molecule has 0 bridgehead atoms. The Hall–Kier alpha value is -1.91. The fourth-order valence-corrected chi connectivity index (χ4v) is 2.30. The van der Waals surface area contributed by atoms with Crippen molar-refractivity contribution in [1.82, 2.24) is 4.90 Å². The molecule has 22 heavy (non-hydrogen) atoms. The van der Waals surface area contributed by atoms with Crippen LogP contribution in [0, 0.1) is 12.7 Å². The zero-order valence-electron chi connectivity index (χ0n) is 12.6. The number of nitrogens with zero attached hydrogens (tertiary/aromatic N) is 1. The van der Waals surface area contributed by atoms with E-state index in [0.29, 0.717) is 17.3 Å². The molecule has 0 spiro atoms. The van der Waals surface area contributed by atoms with Gasteiger partial charge in [0.15, 0.2) is 0 Å². The van der Waals surface area contributed by atoms with Crippen molar-refractivity contribution in [1.29, 1.82) is 0 Å². The van der Waals surface area contributed by atoms with E-state index in [1.807, 2.05) is 37.1 Å². The lowest BCUT2D eigenvalue weighted by Gasteiger charge is -2.16. The Morgan fingerprint density at radius 3 is 2.73 bits per heavy atom. The molecular weight excluding hydrogens is 303 g/mol. The molecule has 5 heteroatoms. The summed E-state index contributed by atoms with van der Waals surface area (Å²) in [5, 5.41) is 3.42. The van der Waals surface area contributed by atoms with Crippen LogP contribution in [0.4, 0.5) is 10.1 Å². The molecule has 0 saturated carbocycles. The van der Waals surface area contributed by atoms with Gasteiger partial charge in [0.2, 0.25) is 5.91 Å². The maximum Gasteiger partial charge on any atom is 0.238 e. The van der Waals surface area contributed by atoms with Gasteiger partial charge in [-0.25, -0.2) is 4.39 Å². The van der Waals surface area contributed by atoms with Gasteiger partial charge >= 0.3 is 0 Å². The van der Waals surface area contributed by atoms with Crippen molar-refractivity contribution in [3.63, 3.8) is 0 Å². The maximum absolute atomic E-state index is 13.1. The number of carbonyl (C=O) groups is 1. The lowest BCUT2D eigenvalue weighted by molar-refractivity contribution is -0.117. The lowest BCUT2D eigenvalue weighted by Crippen LogP contribution is -2.29. The number of aryl methyl sites for hydroxylation is 1. The number of amides is 1. The van der Waals surface area contributed by atoms with Crippen LogP contribution in [0.3, 0.4) is 0 Å². The van der Waals surface area contributed by atoms with E-state index in [1.54, 1.807) is 12.1 Å². The van der Waals surface area contributed by atoms with Gasteiger partial charge in [-0.05, 0) is 49.4 Å². The lowest BCUT2D eigenvalue weighted by atomic mass is 10.2. The predicted octanol–water partition coefficient (Wildman–Crippen LogP) is 3.86. The van der Waals surface area contributed by atoms with Crippen LogP contribution in [0.15, 0.2) is 42.5 Å². The quantitative estimate of drug-likeness (QED) is 0.907. The minimum Gasteiger partial charge on any atom is -0.325 e. The van der Waals surface area contributed by atoms with E-state index in [-0.39, 0.29) is 18.3 Å². The molecule has 0 fully saturated rings. The molecule has 0 heterocycles. The van der Waals surface area contributed by atoms with Gasteiger partial charge in [0.25, 0.3) is 0 Å². The van der Waals surface area contributed by atoms with Gasteiger partial charge in [0, 0.05) is 17.3 Å². The number of anilines is 1. The molecule has 3 nitrogen and oxygen atoms in total. The summed E-state index contributed by atoms with van der Waals surface area (Å²) in [5.74, 6) is -0.413. The summed E-state index contributed by atoms with van der Waals surface area (Å²) < 4.78 is 13.1. The van der Waals surface area contributed by atoms with Gasteiger partial charge in [-0.1, -0.05) is 29.8 Å². The Morgan fingerprint density at radius 1 is 1.27 bits per heavy atom. The van der Waals surface area contributed by atoms with Gasteiger partial charge in [-0.2, -0.15) is 0 Å². The zero-order chi connectivity index (χ0) is 16.1. The van der Waals surface area contributed by atoms with Crippen LogP contribution in [-0.4, -0.2) is 24.4 Å². The maximum atomic E-state index is 13.1. The van der Waals surface area contributed by atoms with Crippen molar-refractivity contribution >= 4 is 23.2 Å². The number of hydrogen-bond acceptors (Lipinski definition) is 2. The van der Waals surface area contributed by atoms with Gasteiger partial charge in [-0.15, -0.1) is 0 Å². The summed E-state index contributed by atoms with van der Waals surface area (Å²) in [7, 11) is 1.81. The standard InChI is InChI=1S/C17H18ClFN2O/c1-12-6-7-15(9-16(12)18)20-17(22)11-21(2)10-13-4-3-5-14(19)8-13/h3-9H,10-11H2,1-2H3,(H,20,22). The summed E-state index contributed by atoms with van der Waals surface area (Å²) in [6.07, 6.45) is 0. The van der Waals surface area contributed by atoms with Crippen LogP contribution < -0.4 is 5.32 Å². The Balaban J connectivity index is 1.89. The van der Waals surface area contributed by atoms with Gasteiger partial charge in [0.1, 0.15) is 5.82 Å². The molecule has 0 aromatic heterocycles. The highest BCUT2D eigenvalue weighted by atomic mass is 35.5. The van der Waals surface area contributed by atoms with Gasteiger partial charge in [0.05, 0.1) is 6.54 Å². The van der Waals surface area contributed by atoms with Crippen LogP contribution in [0.5, 0.6) is 0 Å². The number of nitrogens with one attached hydrogen (secondary N) is 1. The Bertz CT molecular complexity index is 675. The van der Waals surface area contributed by atoms with E-state index >= 15 is 0 Å². The highest BCUT2D eigenvalue weighted by Gasteiger charge is 2.08. The second-order valence-corrected chi connectivity index (χ2v) is 5.72. The third-order valence-electron chi connectivity index (χ3n) is 3.21. The fraction of sp³-hybridized carbons (Fsp3) is 0.235. The molecule has 1 amide bonds. The first-order chi connectivity index (χ1) is 10.4. The van der Waals surface area contributed by atoms with E-state index in [4.69, 9.17) is 11.6 Å². The third kappa shape index (κ3) is 4.83. The second-order valence-electron chi connectivity index (χ2n) is 5.31. The summed E-state index contributed by atoms with van der Waals surface area (Å²) in [4.78, 5) is 13.8. The highest BCUT2D eigenvalue weighted by molar-refractivity contribution is 6.31. The molecule has 0 atom stereocenters. The van der Waals surface area contributed by atoms with Crippen molar-refractivity contribution in [2.45, 2.75) is 13.5 Å². The number of halogens is 2. The van der Waals surface area contributed by atoms with Crippen molar-refractivity contribution in [2.75, 3.05) is 18.9 Å². The number of likely N-dealkylation sites (N-methyl/N-ethyl adjacent to an activating group) is 1. The normalized spacial score (nSPS) is 10.8. The topological polar surface area (TPSA) is 32.3 Å². The molecule has 1 N–H and O–H groups in total. The number of hydrogen-bond donors (Lipinski definition) is 1. The SMILES string of the molecule is Cc1ccc(NC(=O)CN(C)Cc2cccc(F)c2)cc1Cl. The Morgan fingerprint density at radius 2 is 2.05 bits per heavy atom. The highest BCUT2D eigenvalue weighted by Crippen LogP contribution is 2.19. The third-order valence-corrected chi connectivity index (χ3v) is 3.62. The fourth-order valence-electron chi connectivity index (χ4n) is 2.12. The number of rotatable bonds is 5. The first-order valence-electron chi connectivity index (χ1n) is 6.93. The predicted molar refractivity (Wildman–Crippen MR) is 87.6 cm³/mol. The van der Waals surface area contributed by atoms with Crippen LogP contribution in [-0.2, 0) is 11.3 Å². The molecule has 0 unspecified atom stereocenters. The molecule has 2 rings (SSSR count). The van der Waals surface area contributed by atoms with Crippen LogP contribution in [0.2, 0.25) is 5.02 Å². The van der Waals surface area contributed by atoms with Gasteiger partial charge in [-0.3, -0.25) is 9.69 Å². The molecule has 0 aliphatic carbocycles. The van der Waals surface area contributed by atoms with Crippen molar-refractivity contribution in [2.24, 2.45) is 0 Å². The molecule has 0 radical (unpaired) electrons. The largest absolute Gasteiger partial charge is 0.325 e. The molecule has 0 aliphatic heterocycles. The monoisotopic (exact) mass is 320 g/mol. The van der Waals surface area contributed by atoms with E-state index in [1.165, 1.54) is 12.1 Å². The Labute approximate surface area is 134 Å². The van der Waals surface area contributed by atoms with E-state index in [2.05, 4.69) is 5.32 Å². The smallest absolute Gasteiger partial charge is 0.238 e. The minimum absolute atomic E-state index is 0.140. The minimum atomic E-state index is -0.273. The number of carbonyl (C=O) groups excluding carboxylic acids is 1. The van der Waals surface area contributed by atoms with E-state index in [9.17, 15) is 9.18 Å². The second kappa shape index (κ2) is 7.38. The zero-order valence-corrected chi connectivity index (χ0v) is 13.3. The summed E-state index contributed by atoms with van der Waals surface area (Å²) >= 11 is 6.03. The average Bonchev–Trinajstić information content (AvgIpc) is 2.42. The molecule has 2 aromatic rings. The Kier molecular flexibility index (Phi) is 5.52. The van der Waals surface area contributed by atoms with Crippen LogP contribution in [0.1, 0.15) is 11.1 Å². The van der Waals surface area contributed by atoms with Crippen LogP contribution >= 0.6 is 11.6 Å². The van der Waals surface area contributed by atoms with E-state index in [0.717, 1.165) is 11.1 Å². The first-order valence-corrected chi connectivity index (χ1v) is 7.31. The molecule has 0 saturated heterocycles. The van der Waals surface area contributed by atoms with E-state index < -0.39 is 0 Å². The summed E-state index contributed by atoms with van der Waals surface area (Å²) in [6.45, 7) is 2.61. The van der Waals surface area contributed by atoms with Gasteiger partial charge < -0.3 is 5.32 Å². The molecule has 116 valence electrons. The summed E-state index contributed by atoms with van der Waals surface area (Å²) in [6, 6.07) is 11.7. The van der Waals surface area contributed by atoms with Crippen molar-refractivity contribution in [3.8, 4) is 0 Å². The van der Waals surface area contributed by atoms with Crippen molar-refractivity contribution < 1.29 is 9.18 Å². The molecule has 2 aromatic carbocycles. The van der Waals surface area contributed by atoms with Crippen molar-refractivity contribution in [3.05, 3.63) is 64.4 Å². The average molecular weight is 321 g/mol. The summed E-state index contributed by atoms with van der Waals surface area (Å²) in [5.41, 5.74) is 2.45. The molecule has 0 aliphatic rings. The molecular formula is C17H18ClFN2O. The first kappa shape index (κ1) is 16.5. The number of benzene rings is 2.